The van der Waals surface area contributed by atoms with Crippen LogP contribution < -0.4 is 11.1 Å². The number of hydrogen-bond donors (Lipinski definition) is 2. The zero-order valence-corrected chi connectivity index (χ0v) is 12.4. The fourth-order valence-corrected chi connectivity index (χ4v) is 2.23. The van der Waals surface area contributed by atoms with Crippen LogP contribution in [0.2, 0.25) is 0 Å². The van der Waals surface area contributed by atoms with Crippen LogP contribution in [0.25, 0.3) is 0 Å². The number of carbonyl (C=O) groups is 1. The van der Waals surface area contributed by atoms with E-state index in [4.69, 9.17) is 15.2 Å². The molecule has 0 bridgehead atoms. The van der Waals surface area contributed by atoms with Crippen LogP contribution in [0.3, 0.4) is 0 Å². The molecular formula is C14H28N2O3. The minimum atomic E-state index is -0.370. The van der Waals surface area contributed by atoms with Gasteiger partial charge in [-0.15, -0.1) is 0 Å². The summed E-state index contributed by atoms with van der Waals surface area (Å²) in [5.74, 6) is 0.772. The molecule has 1 aliphatic heterocycles. The molecule has 1 saturated heterocycles. The highest BCUT2D eigenvalue weighted by Gasteiger charge is 2.21. The lowest BCUT2D eigenvalue weighted by molar-refractivity contribution is 0.0387. The molecule has 19 heavy (non-hydrogen) atoms. The lowest BCUT2D eigenvalue weighted by Crippen LogP contribution is -2.41. The van der Waals surface area contributed by atoms with Crippen LogP contribution in [0.5, 0.6) is 0 Å². The molecule has 1 aliphatic rings. The maximum atomic E-state index is 11.6. The number of alkyl carbamates (subject to hydrolysis) is 1. The van der Waals surface area contributed by atoms with Crippen molar-refractivity contribution in [3.63, 3.8) is 0 Å². The second-order valence-corrected chi connectivity index (χ2v) is 6.39. The van der Waals surface area contributed by atoms with Crippen LogP contribution in [0.4, 0.5) is 4.79 Å². The predicted molar refractivity (Wildman–Crippen MR) is 74.9 cm³/mol. The zero-order valence-electron chi connectivity index (χ0n) is 12.4. The summed E-state index contributed by atoms with van der Waals surface area (Å²) in [7, 11) is 0. The number of amides is 1. The maximum Gasteiger partial charge on any atom is 0.407 e. The maximum absolute atomic E-state index is 11.6. The summed E-state index contributed by atoms with van der Waals surface area (Å²) in [6.45, 7) is 8.38. The third kappa shape index (κ3) is 7.38. The molecule has 0 unspecified atom stereocenters. The van der Waals surface area contributed by atoms with Gasteiger partial charge >= 0.3 is 6.09 Å². The highest BCUT2D eigenvalue weighted by molar-refractivity contribution is 5.68. The average molecular weight is 272 g/mol. The van der Waals surface area contributed by atoms with Crippen LogP contribution in [0.15, 0.2) is 0 Å². The lowest BCUT2D eigenvalue weighted by Gasteiger charge is -2.26. The Kier molecular flexibility index (Phi) is 6.58. The van der Waals surface area contributed by atoms with Crippen LogP contribution in [-0.2, 0) is 9.47 Å². The summed E-state index contributed by atoms with van der Waals surface area (Å²) in [6, 6.07) is 0. The van der Waals surface area contributed by atoms with E-state index in [2.05, 4.69) is 5.32 Å². The van der Waals surface area contributed by atoms with Gasteiger partial charge in [-0.2, -0.15) is 0 Å². The number of nitrogens with two attached hydrogens (primary N) is 1. The first-order valence-electron chi connectivity index (χ1n) is 7.13. The number of ether oxygens (including phenoxy) is 2. The standard InChI is InChI=1S/C14H28N2O3/c1-14(2,3)16-13(17)19-10-12(8-15)7-11-5-4-6-18-9-11/h11-12H,4-10,15H2,1-3H3,(H,16,17)/t11-,12-/m0/s1. The molecule has 2 atom stereocenters. The number of hydrogen-bond acceptors (Lipinski definition) is 4. The Morgan fingerprint density at radius 1 is 1.53 bits per heavy atom. The van der Waals surface area contributed by atoms with Crippen LogP contribution in [0, 0.1) is 11.8 Å². The van der Waals surface area contributed by atoms with E-state index < -0.39 is 0 Å². The molecule has 0 spiro atoms. The van der Waals surface area contributed by atoms with Crippen LogP contribution in [0.1, 0.15) is 40.0 Å². The van der Waals surface area contributed by atoms with E-state index in [-0.39, 0.29) is 17.6 Å². The SMILES string of the molecule is CC(C)(C)NC(=O)OC[C@H](CN)C[C@@H]1CCCOC1. The topological polar surface area (TPSA) is 73.6 Å². The van der Waals surface area contributed by atoms with Crippen molar-refractivity contribution in [1.29, 1.82) is 0 Å². The second kappa shape index (κ2) is 7.70. The van der Waals surface area contributed by atoms with Crippen LogP contribution in [-0.4, -0.2) is 38.0 Å². The van der Waals surface area contributed by atoms with Gasteiger partial charge in [0, 0.05) is 24.7 Å². The van der Waals surface area contributed by atoms with Gasteiger partial charge < -0.3 is 20.5 Å². The third-order valence-electron chi connectivity index (χ3n) is 3.18. The monoisotopic (exact) mass is 272 g/mol. The molecule has 5 nitrogen and oxygen atoms in total. The highest BCUT2D eigenvalue weighted by atomic mass is 16.5. The quantitative estimate of drug-likeness (QED) is 0.801. The summed E-state index contributed by atoms with van der Waals surface area (Å²) < 4.78 is 10.7. The molecule has 0 aromatic carbocycles. The first-order valence-corrected chi connectivity index (χ1v) is 7.13. The van der Waals surface area contributed by atoms with Crippen molar-refractivity contribution < 1.29 is 14.3 Å². The van der Waals surface area contributed by atoms with Gasteiger partial charge in [-0.05, 0) is 52.5 Å². The van der Waals surface area contributed by atoms with E-state index in [1.165, 1.54) is 6.42 Å². The first-order chi connectivity index (χ1) is 8.90. The van der Waals surface area contributed by atoms with Gasteiger partial charge in [-0.25, -0.2) is 4.79 Å². The second-order valence-electron chi connectivity index (χ2n) is 6.39. The average Bonchev–Trinajstić information content (AvgIpc) is 2.33. The van der Waals surface area contributed by atoms with Gasteiger partial charge in [0.25, 0.3) is 0 Å². The minimum absolute atomic E-state index is 0.220. The Morgan fingerprint density at radius 2 is 2.26 bits per heavy atom. The first kappa shape index (κ1) is 16.2. The number of rotatable bonds is 5. The van der Waals surface area contributed by atoms with E-state index in [1.54, 1.807) is 0 Å². The summed E-state index contributed by atoms with van der Waals surface area (Å²) >= 11 is 0. The smallest absolute Gasteiger partial charge is 0.407 e. The molecule has 1 rings (SSSR count). The van der Waals surface area contributed by atoms with Crippen molar-refractivity contribution in [2.24, 2.45) is 17.6 Å². The number of nitrogens with one attached hydrogen (secondary N) is 1. The summed E-state index contributed by atoms with van der Waals surface area (Å²) in [5, 5.41) is 2.78. The number of carbonyl (C=O) groups excluding carboxylic acids is 1. The van der Waals surface area contributed by atoms with Gasteiger partial charge in [0.1, 0.15) is 0 Å². The molecule has 1 amide bonds. The van der Waals surface area contributed by atoms with Gasteiger partial charge in [-0.1, -0.05) is 0 Å². The fraction of sp³-hybridized carbons (Fsp3) is 0.929. The normalized spacial score (nSPS) is 21.8. The van der Waals surface area contributed by atoms with Crippen LogP contribution >= 0.6 is 0 Å². The molecule has 1 heterocycles. The minimum Gasteiger partial charge on any atom is -0.449 e. The Balaban J connectivity index is 2.25. The highest BCUT2D eigenvalue weighted by Crippen LogP contribution is 2.21. The van der Waals surface area contributed by atoms with E-state index in [0.29, 0.717) is 19.1 Å². The summed E-state index contributed by atoms with van der Waals surface area (Å²) in [6.07, 6.45) is 2.91. The molecule has 0 radical (unpaired) electrons. The molecule has 0 saturated carbocycles. The molecule has 5 heteroatoms. The van der Waals surface area contributed by atoms with Gasteiger partial charge in [0.15, 0.2) is 0 Å². The fourth-order valence-electron chi connectivity index (χ4n) is 2.23. The Morgan fingerprint density at radius 3 is 2.79 bits per heavy atom. The van der Waals surface area contributed by atoms with E-state index in [0.717, 1.165) is 26.1 Å². The summed E-state index contributed by atoms with van der Waals surface area (Å²) in [4.78, 5) is 11.6. The Hall–Kier alpha value is -0.810. The molecular weight excluding hydrogens is 244 g/mol. The molecule has 112 valence electrons. The third-order valence-corrected chi connectivity index (χ3v) is 3.18. The van der Waals surface area contributed by atoms with E-state index in [9.17, 15) is 4.79 Å². The largest absolute Gasteiger partial charge is 0.449 e. The Bertz CT molecular complexity index is 270. The zero-order chi connectivity index (χ0) is 14.3. The molecule has 0 aromatic rings. The van der Waals surface area contributed by atoms with Crippen molar-refractivity contribution in [2.75, 3.05) is 26.4 Å². The predicted octanol–water partition coefficient (Wildman–Crippen LogP) is 1.90. The molecule has 0 aromatic heterocycles. The van der Waals surface area contributed by atoms with E-state index >= 15 is 0 Å². The van der Waals surface area contributed by atoms with Crippen molar-refractivity contribution in [3.05, 3.63) is 0 Å². The van der Waals surface area contributed by atoms with Gasteiger partial charge in [-0.3, -0.25) is 0 Å². The Labute approximate surface area is 116 Å². The van der Waals surface area contributed by atoms with E-state index in [1.807, 2.05) is 20.8 Å². The van der Waals surface area contributed by atoms with Crippen molar-refractivity contribution in [1.82, 2.24) is 5.32 Å². The molecule has 1 fully saturated rings. The lowest BCUT2D eigenvalue weighted by atomic mass is 9.91. The van der Waals surface area contributed by atoms with Crippen molar-refractivity contribution in [2.45, 2.75) is 45.6 Å². The van der Waals surface area contributed by atoms with Gasteiger partial charge in [0.05, 0.1) is 6.61 Å². The molecule has 0 aliphatic carbocycles. The van der Waals surface area contributed by atoms with Gasteiger partial charge in [0.2, 0.25) is 0 Å². The molecule has 3 N–H and O–H groups in total. The van der Waals surface area contributed by atoms with Crippen molar-refractivity contribution in [3.8, 4) is 0 Å². The summed E-state index contributed by atoms with van der Waals surface area (Å²) in [5.41, 5.74) is 5.48. The van der Waals surface area contributed by atoms with Crippen molar-refractivity contribution >= 4 is 6.09 Å².